The Bertz CT molecular complexity index is 255. The molecule has 0 fully saturated rings. The molecule has 0 aliphatic heterocycles. The molecular formula is C9H16N2O. The van der Waals surface area contributed by atoms with E-state index in [1.807, 2.05) is 27.1 Å². The van der Waals surface area contributed by atoms with Gasteiger partial charge in [0.1, 0.15) is 0 Å². The first-order valence-corrected chi connectivity index (χ1v) is 4.39. The second-order valence-electron chi connectivity index (χ2n) is 2.98. The maximum absolute atomic E-state index is 9.60. The lowest BCUT2D eigenvalue weighted by Crippen LogP contribution is -1.97. The molecular weight excluding hydrogens is 152 g/mol. The van der Waals surface area contributed by atoms with E-state index in [-0.39, 0.29) is 6.10 Å². The number of hydrogen-bond donors (Lipinski definition) is 1. The molecule has 12 heavy (non-hydrogen) atoms. The van der Waals surface area contributed by atoms with Gasteiger partial charge in [-0.1, -0.05) is 13.8 Å². The lowest BCUT2D eigenvalue weighted by molar-refractivity contribution is 0.172. The van der Waals surface area contributed by atoms with Gasteiger partial charge in [-0.15, -0.1) is 0 Å². The lowest BCUT2D eigenvalue weighted by atomic mass is 10.1. The SMILES string of the molecule is CCc1nn(C)cc1C(O)CC. The predicted molar refractivity (Wildman–Crippen MR) is 47.8 cm³/mol. The normalized spacial score (nSPS) is 13.3. The molecule has 0 saturated carbocycles. The van der Waals surface area contributed by atoms with E-state index in [0.717, 1.165) is 24.1 Å². The van der Waals surface area contributed by atoms with Crippen molar-refractivity contribution >= 4 is 0 Å². The average molecular weight is 168 g/mol. The average Bonchev–Trinajstić information content (AvgIpc) is 2.45. The first-order valence-electron chi connectivity index (χ1n) is 4.39. The zero-order valence-corrected chi connectivity index (χ0v) is 7.91. The maximum Gasteiger partial charge on any atom is 0.0820 e. The van der Waals surface area contributed by atoms with Gasteiger partial charge in [0.2, 0.25) is 0 Å². The minimum Gasteiger partial charge on any atom is -0.388 e. The molecule has 0 saturated heterocycles. The van der Waals surface area contributed by atoms with E-state index in [0.29, 0.717) is 0 Å². The van der Waals surface area contributed by atoms with Crippen LogP contribution in [0.4, 0.5) is 0 Å². The van der Waals surface area contributed by atoms with E-state index in [9.17, 15) is 5.11 Å². The largest absolute Gasteiger partial charge is 0.388 e. The van der Waals surface area contributed by atoms with Crippen LogP contribution in [0.5, 0.6) is 0 Å². The third-order valence-electron chi connectivity index (χ3n) is 2.02. The molecule has 1 N–H and O–H groups in total. The van der Waals surface area contributed by atoms with E-state index in [2.05, 4.69) is 5.10 Å². The number of aliphatic hydroxyl groups is 1. The smallest absolute Gasteiger partial charge is 0.0820 e. The van der Waals surface area contributed by atoms with Gasteiger partial charge in [0, 0.05) is 18.8 Å². The summed E-state index contributed by atoms with van der Waals surface area (Å²) in [6.45, 7) is 4.02. The molecule has 68 valence electrons. The van der Waals surface area contributed by atoms with Crippen LogP contribution in [-0.4, -0.2) is 14.9 Å². The maximum atomic E-state index is 9.60. The molecule has 0 aliphatic rings. The predicted octanol–water partition coefficient (Wildman–Crippen LogP) is 1.43. The number of hydrogen-bond acceptors (Lipinski definition) is 2. The molecule has 1 heterocycles. The van der Waals surface area contributed by atoms with Crippen molar-refractivity contribution < 1.29 is 5.11 Å². The summed E-state index contributed by atoms with van der Waals surface area (Å²) in [6, 6.07) is 0. The summed E-state index contributed by atoms with van der Waals surface area (Å²) in [4.78, 5) is 0. The highest BCUT2D eigenvalue weighted by molar-refractivity contribution is 5.19. The van der Waals surface area contributed by atoms with E-state index >= 15 is 0 Å². The summed E-state index contributed by atoms with van der Waals surface area (Å²) < 4.78 is 1.76. The van der Waals surface area contributed by atoms with Crippen LogP contribution in [0.25, 0.3) is 0 Å². The molecule has 1 aromatic heterocycles. The Labute approximate surface area is 73.0 Å². The molecule has 1 rings (SSSR count). The molecule has 0 amide bonds. The van der Waals surface area contributed by atoms with Gasteiger partial charge in [-0.2, -0.15) is 5.10 Å². The van der Waals surface area contributed by atoms with Crippen molar-refractivity contribution in [3.8, 4) is 0 Å². The van der Waals surface area contributed by atoms with E-state index in [4.69, 9.17) is 0 Å². The van der Waals surface area contributed by atoms with E-state index in [1.165, 1.54) is 0 Å². The molecule has 0 aliphatic carbocycles. The van der Waals surface area contributed by atoms with Crippen molar-refractivity contribution in [3.63, 3.8) is 0 Å². The first-order chi connectivity index (χ1) is 5.69. The Kier molecular flexibility index (Phi) is 2.87. The Hall–Kier alpha value is -0.830. The molecule has 0 bridgehead atoms. The fourth-order valence-electron chi connectivity index (χ4n) is 1.33. The minimum atomic E-state index is -0.353. The van der Waals surface area contributed by atoms with Crippen molar-refractivity contribution in [2.75, 3.05) is 0 Å². The zero-order valence-electron chi connectivity index (χ0n) is 7.91. The highest BCUT2D eigenvalue weighted by Crippen LogP contribution is 2.19. The number of aliphatic hydroxyl groups excluding tert-OH is 1. The van der Waals surface area contributed by atoms with Crippen LogP contribution in [0.2, 0.25) is 0 Å². The summed E-state index contributed by atoms with van der Waals surface area (Å²) in [6.07, 6.45) is 3.17. The molecule has 1 atom stereocenters. The van der Waals surface area contributed by atoms with Gasteiger partial charge in [-0.25, -0.2) is 0 Å². The monoisotopic (exact) mass is 168 g/mol. The molecule has 0 spiro atoms. The highest BCUT2D eigenvalue weighted by atomic mass is 16.3. The molecule has 0 radical (unpaired) electrons. The van der Waals surface area contributed by atoms with Crippen molar-refractivity contribution in [2.45, 2.75) is 32.8 Å². The molecule has 1 aromatic rings. The summed E-state index contributed by atoms with van der Waals surface area (Å²) >= 11 is 0. The fourth-order valence-corrected chi connectivity index (χ4v) is 1.33. The number of nitrogens with zero attached hydrogens (tertiary/aromatic N) is 2. The summed E-state index contributed by atoms with van der Waals surface area (Å²) in [5.74, 6) is 0. The Morgan fingerprint density at radius 2 is 2.25 bits per heavy atom. The fraction of sp³-hybridized carbons (Fsp3) is 0.667. The van der Waals surface area contributed by atoms with E-state index in [1.54, 1.807) is 4.68 Å². The zero-order chi connectivity index (χ0) is 9.14. The molecule has 3 nitrogen and oxygen atoms in total. The van der Waals surface area contributed by atoms with Crippen LogP contribution >= 0.6 is 0 Å². The van der Waals surface area contributed by atoms with Crippen LogP contribution in [0, 0.1) is 0 Å². The molecule has 0 aromatic carbocycles. The Morgan fingerprint density at radius 3 is 2.75 bits per heavy atom. The summed E-state index contributed by atoms with van der Waals surface area (Å²) in [7, 11) is 1.88. The first kappa shape index (κ1) is 9.26. The standard InChI is InChI=1S/C9H16N2O/c1-4-8-7(9(12)5-2)6-11(3)10-8/h6,9,12H,4-5H2,1-3H3. The van der Waals surface area contributed by atoms with Crippen molar-refractivity contribution in [3.05, 3.63) is 17.5 Å². The third-order valence-corrected chi connectivity index (χ3v) is 2.02. The molecule has 1 unspecified atom stereocenters. The van der Waals surface area contributed by atoms with Crippen LogP contribution in [-0.2, 0) is 13.5 Å². The van der Waals surface area contributed by atoms with Crippen LogP contribution in [0.1, 0.15) is 37.6 Å². The van der Waals surface area contributed by atoms with E-state index < -0.39 is 0 Å². The van der Waals surface area contributed by atoms with Gasteiger partial charge in [-0.05, 0) is 12.8 Å². The van der Waals surface area contributed by atoms with Gasteiger partial charge in [0.05, 0.1) is 11.8 Å². The number of aryl methyl sites for hydroxylation is 2. The second kappa shape index (κ2) is 3.72. The summed E-state index contributed by atoms with van der Waals surface area (Å²) in [5, 5.41) is 13.9. The van der Waals surface area contributed by atoms with Crippen molar-refractivity contribution in [1.82, 2.24) is 9.78 Å². The van der Waals surface area contributed by atoms with Crippen LogP contribution < -0.4 is 0 Å². The van der Waals surface area contributed by atoms with Crippen LogP contribution in [0.3, 0.4) is 0 Å². The number of rotatable bonds is 3. The van der Waals surface area contributed by atoms with Crippen LogP contribution in [0.15, 0.2) is 6.20 Å². The van der Waals surface area contributed by atoms with Crippen molar-refractivity contribution in [1.29, 1.82) is 0 Å². The molecule has 3 heteroatoms. The van der Waals surface area contributed by atoms with Crippen molar-refractivity contribution in [2.24, 2.45) is 7.05 Å². The van der Waals surface area contributed by atoms with Gasteiger partial charge < -0.3 is 5.11 Å². The Morgan fingerprint density at radius 1 is 1.58 bits per heavy atom. The minimum absolute atomic E-state index is 0.353. The highest BCUT2D eigenvalue weighted by Gasteiger charge is 2.12. The lowest BCUT2D eigenvalue weighted by Gasteiger charge is -2.05. The van der Waals surface area contributed by atoms with Gasteiger partial charge in [0.25, 0.3) is 0 Å². The van der Waals surface area contributed by atoms with Gasteiger partial charge >= 0.3 is 0 Å². The Balaban J connectivity index is 2.96. The van der Waals surface area contributed by atoms with Gasteiger partial charge in [0.15, 0.2) is 0 Å². The quantitative estimate of drug-likeness (QED) is 0.741. The summed E-state index contributed by atoms with van der Waals surface area (Å²) in [5.41, 5.74) is 1.98. The topological polar surface area (TPSA) is 38.0 Å². The second-order valence-corrected chi connectivity index (χ2v) is 2.98. The third kappa shape index (κ3) is 1.67. The van der Waals surface area contributed by atoms with Gasteiger partial charge in [-0.3, -0.25) is 4.68 Å². The number of aromatic nitrogens is 2.